The lowest BCUT2D eigenvalue weighted by molar-refractivity contribution is 0.456. The summed E-state index contributed by atoms with van der Waals surface area (Å²) in [6.07, 6.45) is 1.69. The number of pyridine rings is 1. The average molecular weight is 329 g/mol. The molecule has 0 radical (unpaired) electrons. The van der Waals surface area contributed by atoms with E-state index < -0.39 is 0 Å². The minimum atomic E-state index is 0. The number of benzene rings is 2. The molecule has 5 rings (SSSR count). The Morgan fingerprint density at radius 1 is 0.960 bits per heavy atom. The van der Waals surface area contributed by atoms with Crippen molar-refractivity contribution >= 4 is 28.3 Å². The fourth-order valence-corrected chi connectivity index (χ4v) is 2.86. The molecule has 3 heterocycles. The summed E-state index contributed by atoms with van der Waals surface area (Å²) in [6.45, 7) is 0. The number of nitrogens with one attached hydrogen (secondary N) is 1. The quantitative estimate of drug-likeness (QED) is 0.527. The van der Waals surface area contributed by atoms with Gasteiger partial charge >= 0.3 is 0 Å². The lowest BCUT2D eigenvalue weighted by Gasteiger charge is -2.03. The highest BCUT2D eigenvalue weighted by Crippen LogP contribution is 2.23. The van der Waals surface area contributed by atoms with Gasteiger partial charge in [0, 0.05) is 18.1 Å². The van der Waals surface area contributed by atoms with Crippen LogP contribution in [0, 0.1) is 0 Å². The van der Waals surface area contributed by atoms with E-state index in [0.29, 0.717) is 5.95 Å². The highest BCUT2D eigenvalue weighted by molar-refractivity contribution is 5.81. The van der Waals surface area contributed by atoms with E-state index in [0.717, 1.165) is 33.6 Å². The SMILES string of the molecule is [HH].c1ccc(-c2cccc3nc(Nc4ccc5oncc5c4)nn23)cc1. The number of aromatic nitrogens is 4. The Labute approximate surface area is 144 Å². The molecule has 0 amide bonds. The second kappa shape index (κ2) is 5.45. The van der Waals surface area contributed by atoms with Crippen LogP contribution in [0.25, 0.3) is 27.9 Å². The van der Waals surface area contributed by atoms with Gasteiger partial charge in [-0.3, -0.25) is 0 Å². The zero-order chi connectivity index (χ0) is 16.6. The highest BCUT2D eigenvalue weighted by Gasteiger charge is 2.09. The fraction of sp³-hybridized carbons (Fsp3) is 0. The van der Waals surface area contributed by atoms with Crippen molar-refractivity contribution in [1.82, 2.24) is 19.8 Å². The molecular formula is C19H15N5O. The van der Waals surface area contributed by atoms with Crippen molar-refractivity contribution in [2.45, 2.75) is 0 Å². The summed E-state index contributed by atoms with van der Waals surface area (Å²) in [5, 5.41) is 12.6. The third-order valence-corrected chi connectivity index (χ3v) is 4.04. The Kier molecular flexibility index (Phi) is 3.00. The summed E-state index contributed by atoms with van der Waals surface area (Å²) in [7, 11) is 0. The van der Waals surface area contributed by atoms with Gasteiger partial charge in [0.25, 0.3) is 0 Å². The normalized spacial score (nSPS) is 11.2. The molecule has 122 valence electrons. The third kappa shape index (κ3) is 2.40. The van der Waals surface area contributed by atoms with Gasteiger partial charge in [-0.15, -0.1) is 5.10 Å². The molecule has 0 saturated carbocycles. The molecule has 0 bridgehead atoms. The average Bonchev–Trinajstić information content (AvgIpc) is 3.27. The maximum absolute atomic E-state index is 5.12. The van der Waals surface area contributed by atoms with Gasteiger partial charge in [-0.25, -0.2) is 4.52 Å². The Morgan fingerprint density at radius 2 is 1.88 bits per heavy atom. The highest BCUT2D eigenvalue weighted by atomic mass is 16.5. The van der Waals surface area contributed by atoms with Crippen LogP contribution in [0.5, 0.6) is 0 Å². The van der Waals surface area contributed by atoms with Crippen molar-refractivity contribution < 1.29 is 5.95 Å². The van der Waals surface area contributed by atoms with Crippen molar-refractivity contribution in [2.24, 2.45) is 0 Å². The maximum Gasteiger partial charge on any atom is 0.247 e. The second-order valence-electron chi connectivity index (χ2n) is 5.69. The van der Waals surface area contributed by atoms with Gasteiger partial charge in [0.05, 0.1) is 11.9 Å². The summed E-state index contributed by atoms with van der Waals surface area (Å²) < 4.78 is 6.97. The Bertz CT molecular complexity index is 1180. The molecule has 2 aromatic carbocycles. The minimum absolute atomic E-state index is 0. The van der Waals surface area contributed by atoms with E-state index in [1.165, 1.54) is 0 Å². The molecule has 25 heavy (non-hydrogen) atoms. The molecule has 1 N–H and O–H groups in total. The van der Waals surface area contributed by atoms with Crippen LogP contribution in [-0.4, -0.2) is 19.8 Å². The van der Waals surface area contributed by atoms with E-state index in [1.54, 1.807) is 6.20 Å². The predicted molar refractivity (Wildman–Crippen MR) is 97.8 cm³/mol. The van der Waals surface area contributed by atoms with Gasteiger partial charge in [-0.2, -0.15) is 4.98 Å². The Hall–Kier alpha value is -3.67. The van der Waals surface area contributed by atoms with Gasteiger partial charge in [0.1, 0.15) is 0 Å². The predicted octanol–water partition coefficient (Wildman–Crippen LogP) is 4.53. The molecule has 6 heteroatoms. The van der Waals surface area contributed by atoms with E-state index >= 15 is 0 Å². The van der Waals surface area contributed by atoms with Crippen molar-refractivity contribution in [2.75, 3.05) is 5.32 Å². The topological polar surface area (TPSA) is 68.2 Å². The molecule has 0 saturated heterocycles. The largest absolute Gasteiger partial charge is 0.356 e. The Balaban J connectivity index is 0.00000168. The number of hydrogen-bond donors (Lipinski definition) is 1. The van der Waals surface area contributed by atoms with Crippen molar-refractivity contribution in [1.29, 1.82) is 0 Å². The lowest BCUT2D eigenvalue weighted by Crippen LogP contribution is -1.95. The first-order chi connectivity index (χ1) is 12.4. The molecule has 3 aromatic heterocycles. The number of fused-ring (bicyclic) bond motifs is 2. The van der Waals surface area contributed by atoms with Gasteiger partial charge in [0.15, 0.2) is 11.2 Å². The van der Waals surface area contributed by atoms with Gasteiger partial charge < -0.3 is 9.84 Å². The summed E-state index contributed by atoms with van der Waals surface area (Å²) in [5.74, 6) is 0.541. The number of nitrogens with zero attached hydrogens (tertiary/aromatic N) is 4. The maximum atomic E-state index is 5.12. The third-order valence-electron chi connectivity index (χ3n) is 4.04. The molecule has 0 fully saturated rings. The fourth-order valence-electron chi connectivity index (χ4n) is 2.86. The van der Waals surface area contributed by atoms with Crippen LogP contribution in [0.2, 0.25) is 0 Å². The minimum Gasteiger partial charge on any atom is -0.356 e. The van der Waals surface area contributed by atoms with Crippen LogP contribution >= 0.6 is 0 Å². The van der Waals surface area contributed by atoms with E-state index in [2.05, 4.69) is 32.7 Å². The van der Waals surface area contributed by atoms with E-state index in [9.17, 15) is 0 Å². The summed E-state index contributed by atoms with van der Waals surface area (Å²) in [6, 6.07) is 21.8. The van der Waals surface area contributed by atoms with Crippen LogP contribution in [0.4, 0.5) is 11.6 Å². The smallest absolute Gasteiger partial charge is 0.247 e. The molecule has 6 nitrogen and oxygen atoms in total. The molecule has 0 atom stereocenters. The summed E-state index contributed by atoms with van der Waals surface area (Å²) >= 11 is 0. The van der Waals surface area contributed by atoms with Crippen molar-refractivity contribution in [3.63, 3.8) is 0 Å². The first kappa shape index (κ1) is 13.7. The van der Waals surface area contributed by atoms with Crippen molar-refractivity contribution in [3.8, 4) is 11.3 Å². The van der Waals surface area contributed by atoms with Gasteiger partial charge in [0.2, 0.25) is 5.95 Å². The van der Waals surface area contributed by atoms with Crippen LogP contribution in [0.3, 0.4) is 0 Å². The first-order valence-electron chi connectivity index (χ1n) is 7.89. The van der Waals surface area contributed by atoms with E-state index in [4.69, 9.17) is 4.52 Å². The summed E-state index contributed by atoms with van der Waals surface area (Å²) in [4.78, 5) is 4.56. The molecule has 0 aliphatic carbocycles. The van der Waals surface area contributed by atoms with Crippen LogP contribution in [0.15, 0.2) is 77.4 Å². The number of rotatable bonds is 3. The monoisotopic (exact) mass is 329 g/mol. The van der Waals surface area contributed by atoms with Crippen molar-refractivity contribution in [3.05, 3.63) is 72.9 Å². The lowest BCUT2D eigenvalue weighted by atomic mass is 10.1. The summed E-state index contributed by atoms with van der Waals surface area (Å²) in [5.41, 5.74) is 4.51. The number of hydrogen-bond acceptors (Lipinski definition) is 5. The van der Waals surface area contributed by atoms with Gasteiger partial charge in [-0.05, 0) is 30.3 Å². The van der Waals surface area contributed by atoms with Crippen LogP contribution in [0.1, 0.15) is 1.43 Å². The molecule has 0 aliphatic heterocycles. The molecule has 5 aromatic rings. The Morgan fingerprint density at radius 3 is 2.80 bits per heavy atom. The zero-order valence-corrected chi connectivity index (χ0v) is 13.1. The first-order valence-corrected chi connectivity index (χ1v) is 7.89. The van der Waals surface area contributed by atoms with E-state index in [1.807, 2.05) is 59.1 Å². The molecule has 0 spiro atoms. The standard InChI is InChI=1S/C19H13N5O.H2/c1-2-5-13(6-3-1)16-7-4-8-18-22-19(23-24(16)18)21-15-9-10-17-14(11-15)12-20-25-17;/h1-12H,(H,21,23);1H. The van der Waals surface area contributed by atoms with Crippen LogP contribution < -0.4 is 5.32 Å². The molecular weight excluding hydrogens is 314 g/mol. The van der Waals surface area contributed by atoms with Gasteiger partial charge in [-0.1, -0.05) is 41.6 Å². The van der Waals surface area contributed by atoms with E-state index in [-0.39, 0.29) is 1.43 Å². The molecule has 0 unspecified atom stereocenters. The second-order valence-corrected chi connectivity index (χ2v) is 5.69. The number of anilines is 2. The van der Waals surface area contributed by atoms with Crippen LogP contribution in [-0.2, 0) is 0 Å². The zero-order valence-electron chi connectivity index (χ0n) is 13.1. The molecule has 0 aliphatic rings.